The monoisotopic (exact) mass is 483 g/mol. The number of carbonyl (C=O) groups excluding carboxylic acids is 1. The Balaban J connectivity index is 1.56. The summed E-state index contributed by atoms with van der Waals surface area (Å²) in [5, 5.41) is 15.3. The minimum atomic E-state index is -1.14. The Morgan fingerprint density at radius 1 is 1.09 bits per heavy atom. The van der Waals surface area contributed by atoms with Gasteiger partial charge in [-0.25, -0.2) is 9.78 Å². The minimum Gasteiger partial charge on any atom is -0.497 e. The lowest BCUT2D eigenvalue weighted by Gasteiger charge is -2.16. The van der Waals surface area contributed by atoms with Crippen LogP contribution in [-0.4, -0.2) is 48.8 Å². The molecule has 9 heteroatoms. The van der Waals surface area contributed by atoms with Crippen molar-refractivity contribution in [2.24, 2.45) is 0 Å². The molecule has 3 aromatic rings. The van der Waals surface area contributed by atoms with Crippen molar-refractivity contribution in [3.63, 3.8) is 0 Å². The standard InChI is InChI=1S/C25H26ClN3O5/c1-27-23-5-3-4-17(28-23)12-13-34-18-8-6-16(7-9-18)14-22(25(31)32)29-24(30)20-11-10-19(33-2)15-21(20)26/h3-11,15,22H,12-14H2,1-2H3,(H,27,28)(H,29,30)(H,31,32)/t22-/m0/s1. The molecule has 8 nitrogen and oxygen atoms in total. The third-order valence-corrected chi connectivity index (χ3v) is 5.39. The Hall–Kier alpha value is -3.78. The van der Waals surface area contributed by atoms with E-state index in [1.54, 1.807) is 30.3 Å². The van der Waals surface area contributed by atoms with Gasteiger partial charge in [0.05, 0.1) is 24.3 Å². The van der Waals surface area contributed by atoms with E-state index in [9.17, 15) is 14.7 Å². The summed E-state index contributed by atoms with van der Waals surface area (Å²) in [7, 11) is 3.31. The van der Waals surface area contributed by atoms with E-state index in [4.69, 9.17) is 21.1 Å². The molecule has 3 rings (SSSR count). The van der Waals surface area contributed by atoms with E-state index < -0.39 is 17.9 Å². The van der Waals surface area contributed by atoms with Crippen LogP contribution in [0.5, 0.6) is 11.5 Å². The summed E-state index contributed by atoms with van der Waals surface area (Å²) < 4.78 is 10.8. The third-order valence-electron chi connectivity index (χ3n) is 5.08. The first kappa shape index (κ1) is 24.9. The lowest BCUT2D eigenvalue weighted by Crippen LogP contribution is -2.42. The molecule has 0 unspecified atom stereocenters. The molecule has 2 aromatic carbocycles. The molecule has 178 valence electrons. The number of halogens is 1. The van der Waals surface area contributed by atoms with Crippen molar-refractivity contribution in [1.82, 2.24) is 10.3 Å². The molecule has 1 amide bonds. The molecule has 0 saturated carbocycles. The zero-order valence-corrected chi connectivity index (χ0v) is 19.6. The maximum absolute atomic E-state index is 12.6. The number of pyridine rings is 1. The largest absolute Gasteiger partial charge is 0.497 e. The van der Waals surface area contributed by atoms with Gasteiger partial charge in [0.2, 0.25) is 0 Å². The van der Waals surface area contributed by atoms with Crippen LogP contribution in [0.2, 0.25) is 5.02 Å². The molecule has 1 heterocycles. The molecule has 0 saturated heterocycles. The molecule has 0 aliphatic heterocycles. The number of benzene rings is 2. The van der Waals surface area contributed by atoms with Crippen molar-refractivity contribution < 1.29 is 24.2 Å². The van der Waals surface area contributed by atoms with Gasteiger partial charge in [-0.1, -0.05) is 29.8 Å². The van der Waals surface area contributed by atoms with Crippen molar-refractivity contribution in [2.75, 3.05) is 26.1 Å². The van der Waals surface area contributed by atoms with Crippen molar-refractivity contribution in [1.29, 1.82) is 0 Å². The Kier molecular flexibility index (Phi) is 8.70. The Labute approximate surface area is 202 Å². The van der Waals surface area contributed by atoms with Gasteiger partial charge in [0.15, 0.2) is 0 Å². The number of carbonyl (C=O) groups is 2. The summed E-state index contributed by atoms with van der Waals surface area (Å²) in [4.78, 5) is 28.8. The van der Waals surface area contributed by atoms with E-state index in [2.05, 4.69) is 15.6 Å². The lowest BCUT2D eigenvalue weighted by molar-refractivity contribution is -0.139. The van der Waals surface area contributed by atoms with E-state index in [0.29, 0.717) is 24.5 Å². The number of aliphatic carboxylic acids is 1. The zero-order valence-electron chi connectivity index (χ0n) is 18.9. The smallest absolute Gasteiger partial charge is 0.326 e. The highest BCUT2D eigenvalue weighted by Crippen LogP contribution is 2.22. The normalized spacial score (nSPS) is 11.4. The van der Waals surface area contributed by atoms with Crippen LogP contribution in [0, 0.1) is 0 Å². The van der Waals surface area contributed by atoms with Crippen LogP contribution in [0.1, 0.15) is 21.6 Å². The number of nitrogens with zero attached hydrogens (tertiary/aromatic N) is 1. The topological polar surface area (TPSA) is 110 Å². The number of hydrogen-bond acceptors (Lipinski definition) is 6. The molecular weight excluding hydrogens is 458 g/mol. The molecule has 0 spiro atoms. The van der Waals surface area contributed by atoms with Gasteiger partial charge in [-0.3, -0.25) is 4.79 Å². The van der Waals surface area contributed by atoms with Crippen LogP contribution in [0.25, 0.3) is 0 Å². The SMILES string of the molecule is CNc1cccc(CCOc2ccc(C[C@H](NC(=O)c3ccc(OC)cc3Cl)C(=O)O)cc2)n1. The second-order valence-corrected chi connectivity index (χ2v) is 7.83. The number of aromatic nitrogens is 1. The van der Waals surface area contributed by atoms with Crippen LogP contribution in [0.4, 0.5) is 5.82 Å². The second-order valence-electron chi connectivity index (χ2n) is 7.42. The number of nitrogens with one attached hydrogen (secondary N) is 2. The first-order valence-corrected chi connectivity index (χ1v) is 11.0. The number of hydrogen-bond donors (Lipinski definition) is 3. The van der Waals surface area contributed by atoms with Gasteiger partial charge in [0.25, 0.3) is 5.91 Å². The van der Waals surface area contributed by atoms with Crippen molar-refractivity contribution >= 4 is 29.3 Å². The fourth-order valence-electron chi connectivity index (χ4n) is 3.23. The van der Waals surface area contributed by atoms with Crippen molar-refractivity contribution in [3.05, 3.63) is 82.5 Å². The lowest BCUT2D eigenvalue weighted by atomic mass is 10.1. The number of carboxylic acids is 1. The second kappa shape index (κ2) is 11.9. The summed E-state index contributed by atoms with van der Waals surface area (Å²) in [6.07, 6.45) is 0.758. The van der Waals surface area contributed by atoms with Crippen molar-refractivity contribution in [2.45, 2.75) is 18.9 Å². The summed E-state index contributed by atoms with van der Waals surface area (Å²) >= 11 is 6.13. The van der Waals surface area contributed by atoms with Gasteiger partial charge in [0, 0.05) is 25.6 Å². The average Bonchev–Trinajstić information content (AvgIpc) is 2.84. The highest BCUT2D eigenvalue weighted by Gasteiger charge is 2.22. The van der Waals surface area contributed by atoms with Crippen LogP contribution in [0.3, 0.4) is 0 Å². The number of carboxylic acid groups (broad SMARTS) is 1. The third kappa shape index (κ3) is 6.86. The van der Waals surface area contributed by atoms with Gasteiger partial charge in [-0.05, 0) is 48.0 Å². The number of methoxy groups -OCH3 is 1. The van der Waals surface area contributed by atoms with Gasteiger partial charge >= 0.3 is 5.97 Å². The average molecular weight is 484 g/mol. The number of rotatable bonds is 11. The van der Waals surface area contributed by atoms with Crippen LogP contribution in [0.15, 0.2) is 60.7 Å². The maximum atomic E-state index is 12.6. The van der Waals surface area contributed by atoms with Crippen molar-refractivity contribution in [3.8, 4) is 11.5 Å². The first-order valence-electron chi connectivity index (χ1n) is 10.6. The van der Waals surface area contributed by atoms with Gasteiger partial charge in [0.1, 0.15) is 23.4 Å². The van der Waals surface area contributed by atoms with Crippen LogP contribution >= 0.6 is 11.6 Å². The molecular formula is C25H26ClN3O5. The predicted molar refractivity (Wildman–Crippen MR) is 130 cm³/mol. The summed E-state index contributed by atoms with van der Waals surface area (Å²) in [6, 6.07) is 16.3. The quantitative estimate of drug-likeness (QED) is 0.380. The molecule has 34 heavy (non-hydrogen) atoms. The molecule has 0 fully saturated rings. The van der Waals surface area contributed by atoms with E-state index in [1.165, 1.54) is 19.2 Å². The molecule has 1 aromatic heterocycles. The first-order chi connectivity index (χ1) is 16.4. The maximum Gasteiger partial charge on any atom is 0.326 e. The number of anilines is 1. The molecule has 3 N–H and O–H groups in total. The Morgan fingerprint density at radius 3 is 2.47 bits per heavy atom. The zero-order chi connectivity index (χ0) is 24.5. The van der Waals surface area contributed by atoms with E-state index in [-0.39, 0.29) is 17.0 Å². The molecule has 0 bridgehead atoms. The number of amides is 1. The van der Waals surface area contributed by atoms with Crippen LogP contribution in [-0.2, 0) is 17.6 Å². The van der Waals surface area contributed by atoms with E-state index in [1.807, 2.05) is 25.2 Å². The summed E-state index contributed by atoms with van der Waals surface area (Å²) in [5.41, 5.74) is 1.83. The minimum absolute atomic E-state index is 0.107. The highest BCUT2D eigenvalue weighted by molar-refractivity contribution is 6.34. The Morgan fingerprint density at radius 2 is 1.82 bits per heavy atom. The van der Waals surface area contributed by atoms with E-state index in [0.717, 1.165) is 17.1 Å². The van der Waals surface area contributed by atoms with Gasteiger partial charge in [-0.15, -0.1) is 0 Å². The molecule has 0 aliphatic carbocycles. The van der Waals surface area contributed by atoms with E-state index >= 15 is 0 Å². The predicted octanol–water partition coefficient (Wildman–Crippen LogP) is 3.83. The molecule has 0 aliphatic rings. The fraction of sp³-hybridized carbons (Fsp3) is 0.240. The summed E-state index contributed by atoms with van der Waals surface area (Å²) in [5.74, 6) is 0.248. The Bertz CT molecular complexity index is 1140. The molecule has 1 atom stereocenters. The number of ether oxygens (including phenoxy) is 2. The van der Waals surface area contributed by atoms with Gasteiger partial charge < -0.3 is 25.2 Å². The fourth-order valence-corrected chi connectivity index (χ4v) is 3.49. The van der Waals surface area contributed by atoms with Crippen LogP contribution < -0.4 is 20.1 Å². The van der Waals surface area contributed by atoms with Gasteiger partial charge in [-0.2, -0.15) is 0 Å². The highest BCUT2D eigenvalue weighted by atomic mass is 35.5. The molecule has 0 radical (unpaired) electrons. The summed E-state index contributed by atoms with van der Waals surface area (Å²) in [6.45, 7) is 0.454.